The SMILES string of the molecule is Cc1cccc(NC(=O)COc2ccccc2/C=C(\C#N)C(=O)Nc2ccc(C)cc2C)c1. The Labute approximate surface area is 193 Å². The topological polar surface area (TPSA) is 91.2 Å². The lowest BCUT2D eigenvalue weighted by Gasteiger charge is -2.11. The largest absolute Gasteiger partial charge is 0.483 e. The molecule has 0 spiro atoms. The Morgan fingerprint density at radius 2 is 1.70 bits per heavy atom. The molecule has 0 saturated carbocycles. The first-order chi connectivity index (χ1) is 15.9. The standard InChI is InChI=1S/C27H25N3O3/c1-18-7-6-9-23(14-18)29-26(31)17-33-25-10-5-4-8-21(25)15-22(16-28)27(32)30-24-12-11-19(2)13-20(24)3/h4-15H,17H2,1-3H3,(H,29,31)(H,30,32)/b22-15+. The summed E-state index contributed by atoms with van der Waals surface area (Å²) in [5.74, 6) is -0.437. The highest BCUT2D eigenvalue weighted by atomic mass is 16.5. The number of aryl methyl sites for hydroxylation is 3. The van der Waals surface area contributed by atoms with Crippen LogP contribution in [0.3, 0.4) is 0 Å². The summed E-state index contributed by atoms with van der Waals surface area (Å²) < 4.78 is 5.68. The second-order valence-electron chi connectivity index (χ2n) is 7.69. The van der Waals surface area contributed by atoms with Crippen molar-refractivity contribution in [2.24, 2.45) is 0 Å². The van der Waals surface area contributed by atoms with Crippen molar-refractivity contribution in [2.45, 2.75) is 20.8 Å². The monoisotopic (exact) mass is 439 g/mol. The van der Waals surface area contributed by atoms with E-state index < -0.39 is 5.91 Å². The zero-order valence-corrected chi connectivity index (χ0v) is 18.8. The average molecular weight is 440 g/mol. The number of hydrogen-bond donors (Lipinski definition) is 2. The number of amides is 2. The molecule has 0 aliphatic heterocycles. The van der Waals surface area contributed by atoms with Crippen LogP contribution in [0.25, 0.3) is 6.08 Å². The molecule has 0 aliphatic rings. The first kappa shape index (κ1) is 23.3. The van der Waals surface area contributed by atoms with Crippen LogP contribution in [0.15, 0.2) is 72.3 Å². The van der Waals surface area contributed by atoms with Crippen LogP contribution in [0.1, 0.15) is 22.3 Å². The van der Waals surface area contributed by atoms with Gasteiger partial charge in [0.1, 0.15) is 17.4 Å². The Morgan fingerprint density at radius 1 is 0.939 bits per heavy atom. The van der Waals surface area contributed by atoms with E-state index in [0.717, 1.165) is 16.7 Å². The van der Waals surface area contributed by atoms with E-state index in [-0.39, 0.29) is 18.1 Å². The fourth-order valence-corrected chi connectivity index (χ4v) is 3.24. The summed E-state index contributed by atoms with van der Waals surface area (Å²) in [6.07, 6.45) is 1.45. The van der Waals surface area contributed by atoms with Gasteiger partial charge in [0.05, 0.1) is 0 Å². The van der Waals surface area contributed by atoms with Crippen LogP contribution in [-0.4, -0.2) is 18.4 Å². The van der Waals surface area contributed by atoms with E-state index in [1.165, 1.54) is 6.08 Å². The highest BCUT2D eigenvalue weighted by Gasteiger charge is 2.13. The summed E-state index contributed by atoms with van der Waals surface area (Å²) in [5, 5.41) is 15.1. The average Bonchev–Trinajstić information content (AvgIpc) is 2.78. The van der Waals surface area contributed by atoms with E-state index in [1.54, 1.807) is 30.3 Å². The van der Waals surface area contributed by atoms with Crippen molar-refractivity contribution in [3.05, 3.63) is 94.6 Å². The Morgan fingerprint density at radius 3 is 2.42 bits per heavy atom. The van der Waals surface area contributed by atoms with Crippen molar-refractivity contribution >= 4 is 29.3 Å². The van der Waals surface area contributed by atoms with Crippen molar-refractivity contribution in [1.29, 1.82) is 5.26 Å². The van der Waals surface area contributed by atoms with Crippen LogP contribution in [0.5, 0.6) is 5.75 Å². The van der Waals surface area contributed by atoms with Crippen molar-refractivity contribution in [2.75, 3.05) is 17.2 Å². The molecule has 0 heterocycles. The minimum absolute atomic E-state index is 0.0739. The van der Waals surface area contributed by atoms with Gasteiger partial charge in [0.2, 0.25) is 0 Å². The summed E-state index contributed by atoms with van der Waals surface area (Å²) in [6.45, 7) is 5.59. The molecule has 0 aromatic heterocycles. The molecular weight excluding hydrogens is 414 g/mol. The Balaban J connectivity index is 1.71. The molecule has 0 radical (unpaired) electrons. The Bertz CT molecular complexity index is 1260. The van der Waals surface area contributed by atoms with Gasteiger partial charge >= 0.3 is 0 Å². The third kappa shape index (κ3) is 6.55. The van der Waals surface area contributed by atoms with Gasteiger partial charge in [-0.2, -0.15) is 5.26 Å². The quantitative estimate of drug-likeness (QED) is 0.392. The van der Waals surface area contributed by atoms with Crippen LogP contribution < -0.4 is 15.4 Å². The maximum atomic E-state index is 12.7. The maximum absolute atomic E-state index is 12.7. The molecule has 6 heteroatoms. The zero-order chi connectivity index (χ0) is 23.8. The van der Waals surface area contributed by atoms with E-state index in [4.69, 9.17) is 4.74 Å². The second kappa shape index (κ2) is 10.8. The van der Waals surface area contributed by atoms with Gasteiger partial charge in [0, 0.05) is 16.9 Å². The lowest BCUT2D eigenvalue weighted by molar-refractivity contribution is -0.118. The van der Waals surface area contributed by atoms with Gasteiger partial charge in [-0.05, 0) is 62.2 Å². The lowest BCUT2D eigenvalue weighted by Crippen LogP contribution is -2.20. The molecule has 0 atom stereocenters. The number of para-hydroxylation sites is 1. The van der Waals surface area contributed by atoms with Crippen LogP contribution in [0, 0.1) is 32.1 Å². The molecule has 2 amide bonds. The van der Waals surface area contributed by atoms with Crippen molar-refractivity contribution < 1.29 is 14.3 Å². The maximum Gasteiger partial charge on any atom is 0.266 e. The summed E-state index contributed by atoms with van der Waals surface area (Å²) in [6, 6.07) is 22.0. The smallest absolute Gasteiger partial charge is 0.266 e. The summed E-state index contributed by atoms with van der Waals surface area (Å²) in [5.41, 5.74) is 4.80. The molecule has 166 valence electrons. The van der Waals surface area contributed by atoms with Gasteiger partial charge in [0.15, 0.2) is 6.61 Å². The third-order valence-corrected chi connectivity index (χ3v) is 4.87. The second-order valence-corrected chi connectivity index (χ2v) is 7.69. The number of carbonyl (C=O) groups is 2. The van der Waals surface area contributed by atoms with Gasteiger partial charge in [-0.15, -0.1) is 0 Å². The minimum atomic E-state index is -0.517. The van der Waals surface area contributed by atoms with Gasteiger partial charge in [0.25, 0.3) is 11.8 Å². The zero-order valence-electron chi connectivity index (χ0n) is 18.8. The number of ether oxygens (including phenoxy) is 1. The van der Waals surface area contributed by atoms with Crippen LogP contribution in [-0.2, 0) is 9.59 Å². The minimum Gasteiger partial charge on any atom is -0.483 e. The van der Waals surface area contributed by atoms with Crippen molar-refractivity contribution in [3.63, 3.8) is 0 Å². The van der Waals surface area contributed by atoms with Crippen LogP contribution in [0.4, 0.5) is 11.4 Å². The fourth-order valence-electron chi connectivity index (χ4n) is 3.24. The molecule has 3 aromatic rings. The van der Waals surface area contributed by atoms with E-state index in [2.05, 4.69) is 10.6 Å². The molecule has 33 heavy (non-hydrogen) atoms. The normalized spacial score (nSPS) is 10.8. The van der Waals surface area contributed by atoms with Gasteiger partial charge in [-0.25, -0.2) is 0 Å². The van der Waals surface area contributed by atoms with Gasteiger partial charge in [-0.3, -0.25) is 9.59 Å². The van der Waals surface area contributed by atoms with E-state index in [0.29, 0.717) is 22.7 Å². The molecule has 3 aromatic carbocycles. The Kier molecular flexibility index (Phi) is 7.61. The predicted octanol–water partition coefficient (Wildman–Crippen LogP) is 5.18. The number of benzene rings is 3. The first-order valence-corrected chi connectivity index (χ1v) is 10.4. The van der Waals surface area contributed by atoms with E-state index in [1.807, 2.05) is 63.2 Å². The highest BCUT2D eigenvalue weighted by molar-refractivity contribution is 6.10. The molecular formula is C27H25N3O3. The fraction of sp³-hybridized carbons (Fsp3) is 0.148. The number of rotatable bonds is 7. The summed E-state index contributed by atoms with van der Waals surface area (Å²) >= 11 is 0. The van der Waals surface area contributed by atoms with Crippen molar-refractivity contribution in [3.8, 4) is 11.8 Å². The molecule has 3 rings (SSSR count). The molecule has 6 nitrogen and oxygen atoms in total. The molecule has 0 unspecified atom stereocenters. The predicted molar refractivity (Wildman–Crippen MR) is 130 cm³/mol. The number of nitrogens with one attached hydrogen (secondary N) is 2. The number of anilines is 2. The molecule has 0 bridgehead atoms. The number of carbonyl (C=O) groups excluding carboxylic acids is 2. The molecule has 0 aliphatic carbocycles. The summed E-state index contributed by atoms with van der Waals surface area (Å²) in [4.78, 5) is 25.0. The number of nitriles is 1. The van der Waals surface area contributed by atoms with Crippen molar-refractivity contribution in [1.82, 2.24) is 0 Å². The van der Waals surface area contributed by atoms with E-state index >= 15 is 0 Å². The molecule has 0 fully saturated rings. The molecule has 2 N–H and O–H groups in total. The lowest BCUT2D eigenvalue weighted by atomic mass is 10.1. The number of nitrogens with zero attached hydrogens (tertiary/aromatic N) is 1. The number of hydrogen-bond acceptors (Lipinski definition) is 4. The van der Waals surface area contributed by atoms with Gasteiger partial charge < -0.3 is 15.4 Å². The van der Waals surface area contributed by atoms with Gasteiger partial charge in [-0.1, -0.05) is 48.0 Å². The third-order valence-electron chi connectivity index (χ3n) is 4.87. The Hall–Kier alpha value is -4.37. The first-order valence-electron chi connectivity index (χ1n) is 10.4. The van der Waals surface area contributed by atoms with Crippen LogP contribution in [0.2, 0.25) is 0 Å². The van der Waals surface area contributed by atoms with E-state index in [9.17, 15) is 14.9 Å². The molecule has 0 saturated heterocycles. The summed E-state index contributed by atoms with van der Waals surface area (Å²) in [7, 11) is 0. The van der Waals surface area contributed by atoms with Crippen LogP contribution >= 0.6 is 0 Å². The highest BCUT2D eigenvalue weighted by Crippen LogP contribution is 2.22.